The van der Waals surface area contributed by atoms with Crippen molar-refractivity contribution in [1.29, 1.82) is 0 Å². The topological polar surface area (TPSA) is 96.7 Å². The Labute approximate surface area is 183 Å². The smallest absolute Gasteiger partial charge is 0.287 e. The zero-order valence-electron chi connectivity index (χ0n) is 18.9. The molecule has 168 valence electrons. The lowest BCUT2D eigenvalue weighted by Crippen LogP contribution is -2.33. The second-order valence-corrected chi connectivity index (χ2v) is 11.2. The van der Waals surface area contributed by atoms with Gasteiger partial charge in [0.2, 0.25) is 10.0 Å². The van der Waals surface area contributed by atoms with Crippen LogP contribution in [0.5, 0.6) is 0 Å². The maximum absolute atomic E-state index is 12.7. The van der Waals surface area contributed by atoms with E-state index in [-0.39, 0.29) is 34.4 Å². The van der Waals surface area contributed by atoms with Crippen LogP contribution in [0.3, 0.4) is 0 Å². The lowest BCUT2D eigenvalue weighted by atomic mass is 9.76. The minimum atomic E-state index is -3.55. The molecule has 0 saturated carbocycles. The van der Waals surface area contributed by atoms with Crippen molar-refractivity contribution in [2.45, 2.75) is 64.9 Å². The molecule has 0 radical (unpaired) electrons. The number of fused-ring (bicyclic) bond motifs is 1. The van der Waals surface area contributed by atoms with Crippen molar-refractivity contribution >= 4 is 21.7 Å². The van der Waals surface area contributed by atoms with Crippen LogP contribution >= 0.6 is 0 Å². The van der Waals surface area contributed by atoms with E-state index in [0.29, 0.717) is 29.7 Å². The summed E-state index contributed by atoms with van der Waals surface area (Å²) in [5.41, 5.74) is 1.68. The van der Waals surface area contributed by atoms with Gasteiger partial charge in [-0.25, -0.2) is 8.42 Å². The van der Waals surface area contributed by atoms with E-state index >= 15 is 0 Å². The van der Waals surface area contributed by atoms with E-state index in [0.717, 1.165) is 5.56 Å². The minimum Gasteiger partial charge on any atom is -0.455 e. The number of furan rings is 1. The molecule has 3 rings (SSSR count). The number of carbonyl (C=O) groups excluding carboxylic acids is 2. The van der Waals surface area contributed by atoms with E-state index in [1.165, 1.54) is 16.4 Å². The van der Waals surface area contributed by atoms with Crippen molar-refractivity contribution in [2.24, 2.45) is 5.41 Å². The van der Waals surface area contributed by atoms with Gasteiger partial charge in [0.1, 0.15) is 5.76 Å². The zero-order chi connectivity index (χ0) is 23.1. The normalized spacial score (nSPS) is 15.9. The van der Waals surface area contributed by atoms with E-state index in [9.17, 15) is 18.0 Å². The van der Waals surface area contributed by atoms with Crippen molar-refractivity contribution in [3.8, 4) is 0 Å². The molecule has 1 amide bonds. The largest absolute Gasteiger partial charge is 0.455 e. The van der Waals surface area contributed by atoms with Crippen LogP contribution < -0.4 is 5.32 Å². The number of hydrogen-bond acceptors (Lipinski definition) is 5. The molecular weight excluding hydrogens is 416 g/mol. The molecule has 0 aliphatic heterocycles. The first-order chi connectivity index (χ1) is 14.3. The summed E-state index contributed by atoms with van der Waals surface area (Å²) in [7, 11) is -2.01. The van der Waals surface area contributed by atoms with Gasteiger partial charge in [-0.2, -0.15) is 4.31 Å². The molecule has 8 heteroatoms. The fraction of sp³-hybridized carbons (Fsp3) is 0.478. The van der Waals surface area contributed by atoms with Gasteiger partial charge in [-0.15, -0.1) is 0 Å². The van der Waals surface area contributed by atoms with Crippen molar-refractivity contribution in [2.75, 3.05) is 7.05 Å². The summed E-state index contributed by atoms with van der Waals surface area (Å²) in [5, 5.41) is 2.80. The molecule has 7 nitrogen and oxygen atoms in total. The molecule has 0 unspecified atom stereocenters. The number of nitrogens with zero attached hydrogens (tertiary/aromatic N) is 1. The van der Waals surface area contributed by atoms with Gasteiger partial charge in [-0.3, -0.25) is 9.59 Å². The fourth-order valence-corrected chi connectivity index (χ4v) is 5.15. The first-order valence-electron chi connectivity index (χ1n) is 10.3. The Morgan fingerprint density at radius 2 is 1.81 bits per heavy atom. The monoisotopic (exact) mass is 446 g/mol. The Hall–Kier alpha value is -2.45. The van der Waals surface area contributed by atoms with E-state index < -0.39 is 15.9 Å². The highest BCUT2D eigenvalue weighted by Crippen LogP contribution is 2.38. The van der Waals surface area contributed by atoms with Crippen LogP contribution in [0.4, 0.5) is 0 Å². The molecule has 1 heterocycles. The maximum Gasteiger partial charge on any atom is 0.287 e. The lowest BCUT2D eigenvalue weighted by Gasteiger charge is -2.27. The van der Waals surface area contributed by atoms with Crippen molar-refractivity contribution < 1.29 is 22.4 Å². The van der Waals surface area contributed by atoms with Crippen LogP contribution in [0.2, 0.25) is 0 Å². The molecule has 0 fully saturated rings. The summed E-state index contributed by atoms with van der Waals surface area (Å²) in [5.74, 6) is 0.352. The van der Waals surface area contributed by atoms with Gasteiger partial charge < -0.3 is 9.73 Å². The second-order valence-electron chi connectivity index (χ2n) is 9.24. The number of benzene rings is 1. The molecule has 0 spiro atoms. The summed E-state index contributed by atoms with van der Waals surface area (Å²) in [6, 6.07) is 6.27. The van der Waals surface area contributed by atoms with Crippen molar-refractivity contribution in [3.05, 3.63) is 52.5 Å². The lowest BCUT2D eigenvalue weighted by molar-refractivity contribution is 0.0888. The van der Waals surface area contributed by atoms with Gasteiger partial charge >= 0.3 is 0 Å². The number of hydrogen-bond donors (Lipinski definition) is 1. The molecule has 0 saturated heterocycles. The summed E-state index contributed by atoms with van der Waals surface area (Å²) < 4.78 is 32.2. The standard InChI is InChI=1S/C23H30N2O5S/c1-14(2)25(6)31(28,29)17-9-7-16(8-10-17)13-24-22(27)21-15(3)20-18(26)11-23(4,5)12-19(20)30-21/h7-10,14H,11-13H2,1-6H3,(H,24,27). The van der Waals surface area contributed by atoms with Gasteiger partial charge in [0.15, 0.2) is 11.5 Å². The van der Waals surface area contributed by atoms with Crippen LogP contribution in [0.1, 0.15) is 71.9 Å². The Morgan fingerprint density at radius 3 is 2.39 bits per heavy atom. The van der Waals surface area contributed by atoms with Gasteiger partial charge in [-0.1, -0.05) is 26.0 Å². The molecular formula is C23H30N2O5S. The Morgan fingerprint density at radius 1 is 1.19 bits per heavy atom. The molecule has 2 aromatic rings. The van der Waals surface area contributed by atoms with Gasteiger partial charge in [0.25, 0.3) is 5.91 Å². The Bertz CT molecular complexity index is 1110. The predicted molar refractivity (Wildman–Crippen MR) is 118 cm³/mol. The number of rotatable bonds is 6. The highest BCUT2D eigenvalue weighted by Gasteiger charge is 2.37. The maximum atomic E-state index is 12.7. The van der Waals surface area contributed by atoms with Gasteiger partial charge in [0, 0.05) is 38.0 Å². The summed E-state index contributed by atoms with van der Waals surface area (Å²) in [4.78, 5) is 25.4. The fourth-order valence-electron chi connectivity index (χ4n) is 3.79. The second kappa shape index (κ2) is 8.24. The number of amides is 1. The summed E-state index contributed by atoms with van der Waals surface area (Å²) in [6.45, 7) is 9.58. The third kappa shape index (κ3) is 4.60. The van der Waals surface area contributed by atoms with Gasteiger partial charge in [0.05, 0.1) is 10.5 Å². The molecule has 1 aliphatic rings. The van der Waals surface area contributed by atoms with Crippen LogP contribution in [-0.4, -0.2) is 37.5 Å². The number of nitrogens with one attached hydrogen (secondary N) is 1. The van der Waals surface area contributed by atoms with Crippen LogP contribution in [-0.2, 0) is 23.0 Å². The first-order valence-corrected chi connectivity index (χ1v) is 11.8. The third-order valence-electron chi connectivity index (χ3n) is 5.76. The molecule has 0 atom stereocenters. The number of carbonyl (C=O) groups is 2. The van der Waals surface area contributed by atoms with Gasteiger partial charge in [-0.05, 0) is 43.9 Å². The van der Waals surface area contributed by atoms with Crippen LogP contribution in [0, 0.1) is 12.3 Å². The third-order valence-corrected chi connectivity index (χ3v) is 7.81. The average molecular weight is 447 g/mol. The Balaban J connectivity index is 1.72. The quantitative estimate of drug-likeness (QED) is 0.730. The Kier molecular flexibility index (Phi) is 6.17. The summed E-state index contributed by atoms with van der Waals surface area (Å²) in [6.07, 6.45) is 1.05. The first kappa shape index (κ1) is 23.2. The average Bonchev–Trinajstić information content (AvgIpc) is 3.00. The highest BCUT2D eigenvalue weighted by atomic mass is 32.2. The van der Waals surface area contributed by atoms with Crippen LogP contribution in [0.15, 0.2) is 33.6 Å². The van der Waals surface area contributed by atoms with E-state index in [4.69, 9.17) is 4.42 Å². The minimum absolute atomic E-state index is 0.00899. The molecule has 1 aromatic heterocycles. The van der Waals surface area contributed by atoms with Crippen molar-refractivity contribution in [3.63, 3.8) is 0 Å². The summed E-state index contributed by atoms with van der Waals surface area (Å²) >= 11 is 0. The molecule has 1 N–H and O–H groups in total. The number of sulfonamides is 1. The number of Topliss-reactive ketones (excluding diaryl/α,β-unsaturated/α-hetero) is 1. The van der Waals surface area contributed by atoms with E-state index in [2.05, 4.69) is 5.32 Å². The van der Waals surface area contributed by atoms with E-state index in [1.807, 2.05) is 27.7 Å². The number of ketones is 1. The van der Waals surface area contributed by atoms with E-state index in [1.54, 1.807) is 26.1 Å². The van der Waals surface area contributed by atoms with Crippen molar-refractivity contribution in [1.82, 2.24) is 9.62 Å². The highest BCUT2D eigenvalue weighted by molar-refractivity contribution is 7.89. The molecule has 1 aliphatic carbocycles. The predicted octanol–water partition coefficient (Wildman–Crippen LogP) is 3.70. The molecule has 1 aromatic carbocycles. The molecule has 31 heavy (non-hydrogen) atoms. The zero-order valence-corrected chi connectivity index (χ0v) is 19.7. The molecule has 0 bridgehead atoms. The SMILES string of the molecule is Cc1c(C(=O)NCc2ccc(S(=O)(=O)N(C)C(C)C)cc2)oc2c1C(=O)CC(C)(C)C2. The van der Waals surface area contributed by atoms with Crippen LogP contribution in [0.25, 0.3) is 0 Å².